The molecule has 0 aliphatic heterocycles. The van der Waals surface area contributed by atoms with Gasteiger partial charge in [0.1, 0.15) is 11.5 Å². The quantitative estimate of drug-likeness (QED) is 0.656. The lowest BCUT2D eigenvalue weighted by atomic mass is 10.1. The maximum absolute atomic E-state index is 12.8. The minimum absolute atomic E-state index is 0.123. The van der Waals surface area contributed by atoms with Crippen LogP contribution in [0.5, 0.6) is 0 Å². The SMILES string of the molecule is COC(=O)CNc1ccc(C(N)=S)c(C(F)(F)F)c1. The molecule has 19 heavy (non-hydrogen) atoms. The van der Waals surface area contributed by atoms with Crippen molar-refractivity contribution in [2.75, 3.05) is 19.0 Å². The summed E-state index contributed by atoms with van der Waals surface area (Å²) >= 11 is 4.57. The average molecular weight is 292 g/mol. The Labute approximate surface area is 112 Å². The van der Waals surface area contributed by atoms with Crippen LogP contribution in [0.2, 0.25) is 0 Å². The summed E-state index contributed by atoms with van der Waals surface area (Å²) in [5.41, 5.74) is 4.16. The van der Waals surface area contributed by atoms with E-state index in [2.05, 4.69) is 22.3 Å². The van der Waals surface area contributed by atoms with Crippen molar-refractivity contribution in [2.45, 2.75) is 6.18 Å². The highest BCUT2D eigenvalue weighted by molar-refractivity contribution is 7.80. The van der Waals surface area contributed by atoms with Gasteiger partial charge in [-0.15, -0.1) is 0 Å². The highest BCUT2D eigenvalue weighted by atomic mass is 32.1. The number of benzene rings is 1. The van der Waals surface area contributed by atoms with Gasteiger partial charge in [0.05, 0.1) is 12.7 Å². The number of nitrogens with one attached hydrogen (secondary N) is 1. The highest BCUT2D eigenvalue weighted by Crippen LogP contribution is 2.33. The number of carbonyl (C=O) groups is 1. The van der Waals surface area contributed by atoms with Crippen LogP contribution in [0.4, 0.5) is 18.9 Å². The first-order valence-electron chi connectivity index (χ1n) is 5.07. The van der Waals surface area contributed by atoms with Crippen LogP contribution >= 0.6 is 12.2 Å². The van der Waals surface area contributed by atoms with Gasteiger partial charge in [0.15, 0.2) is 0 Å². The molecule has 1 aromatic carbocycles. The number of carbonyl (C=O) groups excluding carboxylic acids is 1. The molecule has 104 valence electrons. The molecule has 0 aliphatic rings. The van der Waals surface area contributed by atoms with Crippen molar-refractivity contribution in [3.63, 3.8) is 0 Å². The van der Waals surface area contributed by atoms with E-state index in [0.29, 0.717) is 0 Å². The van der Waals surface area contributed by atoms with Crippen LogP contribution in [-0.4, -0.2) is 24.6 Å². The predicted molar refractivity (Wildman–Crippen MR) is 67.8 cm³/mol. The Morgan fingerprint density at radius 1 is 1.47 bits per heavy atom. The summed E-state index contributed by atoms with van der Waals surface area (Å²) in [5.74, 6) is -0.591. The Balaban J connectivity index is 3.05. The summed E-state index contributed by atoms with van der Waals surface area (Å²) in [6, 6.07) is 3.36. The van der Waals surface area contributed by atoms with Crippen molar-refractivity contribution >= 4 is 28.9 Å². The summed E-state index contributed by atoms with van der Waals surface area (Å²) < 4.78 is 42.8. The summed E-state index contributed by atoms with van der Waals surface area (Å²) in [4.78, 5) is 10.6. The number of hydrogen-bond donors (Lipinski definition) is 2. The molecule has 0 radical (unpaired) electrons. The standard InChI is InChI=1S/C11H11F3N2O2S/c1-18-9(17)5-16-6-2-3-7(10(15)19)8(4-6)11(12,13)14/h2-4,16H,5H2,1H3,(H2,15,19). The summed E-state index contributed by atoms with van der Waals surface area (Å²) in [7, 11) is 1.18. The van der Waals surface area contributed by atoms with E-state index in [-0.39, 0.29) is 22.8 Å². The lowest BCUT2D eigenvalue weighted by molar-refractivity contribution is -0.138. The normalized spacial score (nSPS) is 10.9. The molecule has 0 unspecified atom stereocenters. The first kappa shape index (κ1) is 15.2. The molecule has 0 bridgehead atoms. The number of methoxy groups -OCH3 is 1. The molecule has 0 amide bonds. The van der Waals surface area contributed by atoms with Gasteiger partial charge >= 0.3 is 12.1 Å². The number of anilines is 1. The first-order chi connectivity index (χ1) is 8.75. The summed E-state index contributed by atoms with van der Waals surface area (Å²) in [6.07, 6.45) is -4.58. The molecule has 0 aliphatic carbocycles. The van der Waals surface area contributed by atoms with Crippen LogP contribution in [0.15, 0.2) is 18.2 Å². The largest absolute Gasteiger partial charge is 0.468 e. The number of esters is 1. The third-order valence-electron chi connectivity index (χ3n) is 2.25. The third-order valence-corrected chi connectivity index (χ3v) is 2.47. The minimum atomic E-state index is -4.58. The number of nitrogens with two attached hydrogens (primary N) is 1. The molecule has 1 aromatic rings. The second kappa shape index (κ2) is 5.87. The average Bonchev–Trinajstić information content (AvgIpc) is 2.34. The number of halogens is 3. The van der Waals surface area contributed by atoms with Gasteiger partial charge in [-0.25, -0.2) is 0 Å². The molecule has 0 heterocycles. The van der Waals surface area contributed by atoms with Crippen molar-refractivity contribution in [1.82, 2.24) is 0 Å². The van der Waals surface area contributed by atoms with Crippen molar-refractivity contribution in [3.05, 3.63) is 29.3 Å². The number of rotatable bonds is 4. The van der Waals surface area contributed by atoms with E-state index in [1.165, 1.54) is 13.2 Å². The minimum Gasteiger partial charge on any atom is -0.468 e. The van der Waals surface area contributed by atoms with Crippen molar-refractivity contribution in [1.29, 1.82) is 0 Å². The van der Waals surface area contributed by atoms with E-state index in [9.17, 15) is 18.0 Å². The van der Waals surface area contributed by atoms with E-state index >= 15 is 0 Å². The number of hydrogen-bond acceptors (Lipinski definition) is 4. The smallest absolute Gasteiger partial charge is 0.417 e. The van der Waals surface area contributed by atoms with Gasteiger partial charge in [-0.2, -0.15) is 13.2 Å². The molecule has 1 rings (SSSR count). The molecule has 0 aromatic heterocycles. The fourth-order valence-electron chi connectivity index (χ4n) is 1.35. The lowest BCUT2D eigenvalue weighted by Gasteiger charge is -2.14. The molecule has 8 heteroatoms. The van der Waals surface area contributed by atoms with Gasteiger partial charge in [0.25, 0.3) is 0 Å². The lowest BCUT2D eigenvalue weighted by Crippen LogP contribution is -2.19. The van der Waals surface area contributed by atoms with Crippen LogP contribution in [0, 0.1) is 0 Å². The third kappa shape index (κ3) is 4.09. The van der Waals surface area contributed by atoms with E-state index in [4.69, 9.17) is 5.73 Å². The van der Waals surface area contributed by atoms with Gasteiger partial charge in [-0.1, -0.05) is 12.2 Å². The summed E-state index contributed by atoms with van der Waals surface area (Å²) in [5, 5.41) is 2.52. The molecule has 0 saturated carbocycles. The van der Waals surface area contributed by atoms with Crippen LogP contribution < -0.4 is 11.1 Å². The fourth-order valence-corrected chi connectivity index (χ4v) is 1.53. The maximum atomic E-state index is 12.8. The topological polar surface area (TPSA) is 64.3 Å². The van der Waals surface area contributed by atoms with Crippen molar-refractivity contribution in [3.8, 4) is 0 Å². The van der Waals surface area contributed by atoms with Crippen LogP contribution in [0.3, 0.4) is 0 Å². The maximum Gasteiger partial charge on any atom is 0.417 e. The Hall–Kier alpha value is -1.83. The molecular weight excluding hydrogens is 281 g/mol. The van der Waals surface area contributed by atoms with Gasteiger partial charge in [0.2, 0.25) is 0 Å². The highest BCUT2D eigenvalue weighted by Gasteiger charge is 2.34. The molecular formula is C11H11F3N2O2S. The van der Waals surface area contributed by atoms with Gasteiger partial charge in [-0.05, 0) is 18.2 Å². The van der Waals surface area contributed by atoms with Gasteiger partial charge < -0.3 is 15.8 Å². The fraction of sp³-hybridized carbons (Fsp3) is 0.273. The molecule has 0 atom stereocenters. The zero-order valence-corrected chi connectivity index (χ0v) is 10.7. The van der Waals surface area contributed by atoms with E-state index < -0.39 is 17.7 Å². The van der Waals surface area contributed by atoms with Crippen LogP contribution in [-0.2, 0) is 15.7 Å². The first-order valence-corrected chi connectivity index (χ1v) is 5.48. The molecule has 0 spiro atoms. The second-order valence-corrected chi connectivity index (χ2v) is 3.99. The van der Waals surface area contributed by atoms with Crippen molar-refractivity contribution < 1.29 is 22.7 Å². The van der Waals surface area contributed by atoms with Gasteiger partial charge in [-0.3, -0.25) is 4.79 Å². The summed E-state index contributed by atoms with van der Waals surface area (Å²) in [6.45, 7) is -0.236. The van der Waals surface area contributed by atoms with E-state index in [1.54, 1.807) is 0 Å². The van der Waals surface area contributed by atoms with Crippen molar-refractivity contribution in [2.24, 2.45) is 5.73 Å². The van der Waals surface area contributed by atoms with Gasteiger partial charge in [0, 0.05) is 11.3 Å². The zero-order chi connectivity index (χ0) is 14.6. The molecule has 4 nitrogen and oxygen atoms in total. The molecule has 0 fully saturated rings. The number of thiocarbonyl (C=S) groups is 1. The molecule has 3 N–H and O–H groups in total. The Bertz CT molecular complexity index is 503. The van der Waals surface area contributed by atoms with Crippen LogP contribution in [0.1, 0.15) is 11.1 Å². The Kier molecular flexibility index (Phi) is 4.71. The predicted octanol–water partition coefficient (Wildman–Crippen LogP) is 1.92. The Morgan fingerprint density at radius 3 is 2.58 bits per heavy atom. The van der Waals surface area contributed by atoms with E-state index in [0.717, 1.165) is 12.1 Å². The second-order valence-electron chi connectivity index (χ2n) is 3.55. The van der Waals surface area contributed by atoms with Crippen LogP contribution in [0.25, 0.3) is 0 Å². The number of ether oxygens (including phenoxy) is 1. The molecule has 0 saturated heterocycles. The van der Waals surface area contributed by atoms with E-state index in [1.807, 2.05) is 0 Å². The Morgan fingerprint density at radius 2 is 2.11 bits per heavy atom. The zero-order valence-electron chi connectivity index (χ0n) is 9.88. The number of alkyl halides is 3. The monoisotopic (exact) mass is 292 g/mol.